The number of piperidine rings is 1. The molecule has 0 aromatic heterocycles. The Hall–Kier alpha value is -2.40. The van der Waals surface area contributed by atoms with Gasteiger partial charge in [0.2, 0.25) is 0 Å². The molecule has 25 heavy (non-hydrogen) atoms. The molecule has 2 aromatic rings. The minimum absolute atomic E-state index is 0.0464. The van der Waals surface area contributed by atoms with Crippen LogP contribution >= 0.6 is 0 Å². The first-order chi connectivity index (χ1) is 12.2. The molecule has 5 nitrogen and oxygen atoms in total. The normalized spacial score (nSPS) is 20.3. The van der Waals surface area contributed by atoms with E-state index >= 15 is 0 Å². The highest BCUT2D eigenvalue weighted by Gasteiger charge is 2.33. The van der Waals surface area contributed by atoms with Gasteiger partial charge in [0, 0.05) is 17.5 Å². The second-order valence-electron chi connectivity index (χ2n) is 6.72. The van der Waals surface area contributed by atoms with Gasteiger partial charge in [0.25, 0.3) is 5.91 Å². The average molecular weight is 338 g/mol. The van der Waals surface area contributed by atoms with E-state index in [1.165, 1.54) is 0 Å². The molecule has 5 heteroatoms. The lowest BCUT2D eigenvalue weighted by Gasteiger charge is -2.34. The van der Waals surface area contributed by atoms with Crippen molar-refractivity contribution < 1.29 is 14.3 Å². The summed E-state index contributed by atoms with van der Waals surface area (Å²) >= 11 is 0. The van der Waals surface area contributed by atoms with Crippen LogP contribution < -0.4 is 4.90 Å². The molecule has 4 rings (SSSR count). The summed E-state index contributed by atoms with van der Waals surface area (Å²) < 4.78 is 5.17. The van der Waals surface area contributed by atoms with Crippen LogP contribution in [0.25, 0.3) is 10.8 Å². The van der Waals surface area contributed by atoms with E-state index in [-0.39, 0.29) is 17.8 Å². The Kier molecular flexibility index (Phi) is 4.17. The van der Waals surface area contributed by atoms with E-state index in [2.05, 4.69) is 4.90 Å². The van der Waals surface area contributed by atoms with Gasteiger partial charge in [-0.05, 0) is 43.8 Å². The van der Waals surface area contributed by atoms with E-state index in [9.17, 15) is 9.59 Å². The average Bonchev–Trinajstić information content (AvgIpc) is 2.90. The van der Waals surface area contributed by atoms with E-state index in [4.69, 9.17) is 4.74 Å². The standard InChI is InChI=1S/C20H22N2O3/c1-2-25-20(24)15-8-5-11-21(12-15)13-22-17-10-4-7-14-6-3-9-16(18(14)17)19(22)23/h3-4,6-7,9-10,15H,2,5,8,11-13H2,1H3/t15-/m0/s1. The van der Waals surface area contributed by atoms with Crippen LogP contribution in [0.5, 0.6) is 0 Å². The van der Waals surface area contributed by atoms with Crippen molar-refractivity contribution in [3.05, 3.63) is 42.0 Å². The second-order valence-corrected chi connectivity index (χ2v) is 6.72. The van der Waals surface area contributed by atoms with E-state index in [1.54, 1.807) is 0 Å². The molecule has 0 radical (unpaired) electrons. The maximum Gasteiger partial charge on any atom is 0.310 e. The molecule has 1 saturated heterocycles. The van der Waals surface area contributed by atoms with Gasteiger partial charge < -0.3 is 4.74 Å². The zero-order chi connectivity index (χ0) is 17.4. The van der Waals surface area contributed by atoms with Crippen molar-refractivity contribution in [3.63, 3.8) is 0 Å². The molecule has 0 unspecified atom stereocenters. The van der Waals surface area contributed by atoms with Crippen molar-refractivity contribution in [3.8, 4) is 0 Å². The number of hydrogen-bond donors (Lipinski definition) is 0. The van der Waals surface area contributed by atoms with E-state index in [0.717, 1.165) is 41.4 Å². The number of amides is 1. The Morgan fingerprint density at radius 2 is 2.04 bits per heavy atom. The Labute approximate surface area is 147 Å². The topological polar surface area (TPSA) is 49.9 Å². The van der Waals surface area contributed by atoms with E-state index in [0.29, 0.717) is 19.8 Å². The molecular formula is C20H22N2O3. The third-order valence-electron chi connectivity index (χ3n) is 5.12. The highest BCUT2D eigenvalue weighted by molar-refractivity contribution is 6.24. The van der Waals surface area contributed by atoms with Gasteiger partial charge in [-0.2, -0.15) is 0 Å². The molecule has 0 saturated carbocycles. The zero-order valence-corrected chi connectivity index (χ0v) is 14.4. The number of carbonyl (C=O) groups excluding carboxylic acids is 2. The Morgan fingerprint density at radius 3 is 2.84 bits per heavy atom. The first kappa shape index (κ1) is 16.1. The van der Waals surface area contributed by atoms with Gasteiger partial charge in [-0.25, -0.2) is 0 Å². The summed E-state index contributed by atoms with van der Waals surface area (Å²) in [5.41, 5.74) is 1.74. The van der Waals surface area contributed by atoms with Crippen molar-refractivity contribution in [2.45, 2.75) is 19.8 Å². The number of esters is 1. The SMILES string of the molecule is CCOC(=O)[C@H]1CCCN(CN2C(=O)c3cccc4cccc2c34)C1. The first-order valence-corrected chi connectivity index (χ1v) is 8.91. The molecule has 0 spiro atoms. The molecule has 2 aromatic carbocycles. The minimum atomic E-state index is -0.120. The Bertz CT molecular complexity index is 828. The number of anilines is 1. The van der Waals surface area contributed by atoms with Gasteiger partial charge >= 0.3 is 5.97 Å². The summed E-state index contributed by atoms with van der Waals surface area (Å²) in [4.78, 5) is 29.0. The fraction of sp³-hybridized carbons (Fsp3) is 0.400. The molecular weight excluding hydrogens is 316 g/mol. The van der Waals surface area contributed by atoms with Crippen LogP contribution in [0.2, 0.25) is 0 Å². The summed E-state index contributed by atoms with van der Waals surface area (Å²) in [6.07, 6.45) is 1.81. The summed E-state index contributed by atoms with van der Waals surface area (Å²) in [7, 11) is 0. The first-order valence-electron chi connectivity index (χ1n) is 8.91. The smallest absolute Gasteiger partial charge is 0.310 e. The summed E-state index contributed by atoms with van der Waals surface area (Å²) in [5.74, 6) is -0.167. The Balaban J connectivity index is 1.55. The van der Waals surface area contributed by atoms with Crippen LogP contribution in [0.15, 0.2) is 36.4 Å². The van der Waals surface area contributed by atoms with Gasteiger partial charge in [-0.1, -0.05) is 24.3 Å². The summed E-state index contributed by atoms with van der Waals surface area (Å²) in [6, 6.07) is 11.9. The van der Waals surface area contributed by atoms with Gasteiger partial charge in [0.05, 0.1) is 24.9 Å². The molecule has 2 aliphatic rings. The lowest BCUT2D eigenvalue weighted by molar-refractivity contribution is -0.149. The third-order valence-corrected chi connectivity index (χ3v) is 5.12. The molecule has 2 aliphatic heterocycles. The number of carbonyl (C=O) groups is 2. The minimum Gasteiger partial charge on any atom is -0.466 e. The van der Waals surface area contributed by atoms with Crippen molar-refractivity contribution in [2.75, 3.05) is 31.3 Å². The van der Waals surface area contributed by atoms with Crippen LogP contribution in [0.1, 0.15) is 30.1 Å². The fourth-order valence-electron chi connectivity index (χ4n) is 3.96. The third kappa shape index (κ3) is 2.78. The molecule has 1 fully saturated rings. The lowest BCUT2D eigenvalue weighted by Crippen LogP contribution is -2.46. The van der Waals surface area contributed by atoms with Crippen LogP contribution in [0, 0.1) is 5.92 Å². The van der Waals surface area contributed by atoms with Crippen LogP contribution in [0.4, 0.5) is 5.69 Å². The number of nitrogens with zero attached hydrogens (tertiary/aromatic N) is 2. The van der Waals surface area contributed by atoms with Gasteiger partial charge in [-0.15, -0.1) is 0 Å². The monoisotopic (exact) mass is 338 g/mol. The number of ether oxygens (including phenoxy) is 1. The predicted octanol–water partition coefficient (Wildman–Crippen LogP) is 3.03. The van der Waals surface area contributed by atoms with Crippen LogP contribution in [0.3, 0.4) is 0 Å². The largest absolute Gasteiger partial charge is 0.466 e. The van der Waals surface area contributed by atoms with Crippen LogP contribution in [-0.4, -0.2) is 43.1 Å². The number of likely N-dealkylation sites (tertiary alicyclic amines) is 1. The molecule has 1 atom stereocenters. The van der Waals surface area contributed by atoms with Crippen molar-refractivity contribution in [1.29, 1.82) is 0 Å². The van der Waals surface area contributed by atoms with Crippen LogP contribution in [-0.2, 0) is 9.53 Å². The second kappa shape index (κ2) is 6.48. The van der Waals surface area contributed by atoms with Gasteiger partial charge in [-0.3, -0.25) is 19.4 Å². The van der Waals surface area contributed by atoms with E-state index in [1.807, 2.05) is 48.2 Å². The quantitative estimate of drug-likeness (QED) is 0.804. The molecule has 0 aliphatic carbocycles. The van der Waals surface area contributed by atoms with Gasteiger partial charge in [0.1, 0.15) is 0 Å². The lowest BCUT2D eigenvalue weighted by atomic mass is 9.98. The highest BCUT2D eigenvalue weighted by Crippen LogP contribution is 2.37. The molecule has 2 heterocycles. The van der Waals surface area contributed by atoms with E-state index < -0.39 is 0 Å². The molecule has 1 amide bonds. The predicted molar refractivity (Wildman–Crippen MR) is 96.6 cm³/mol. The Morgan fingerprint density at radius 1 is 1.24 bits per heavy atom. The molecule has 130 valence electrons. The maximum atomic E-state index is 12.9. The molecule has 0 bridgehead atoms. The number of benzene rings is 2. The highest BCUT2D eigenvalue weighted by atomic mass is 16.5. The van der Waals surface area contributed by atoms with Crippen molar-refractivity contribution >= 4 is 28.3 Å². The summed E-state index contributed by atoms with van der Waals surface area (Å²) in [5, 5.41) is 2.13. The number of rotatable bonds is 4. The summed E-state index contributed by atoms with van der Waals surface area (Å²) in [6.45, 7) is 4.31. The number of hydrogen-bond acceptors (Lipinski definition) is 4. The van der Waals surface area contributed by atoms with Crippen molar-refractivity contribution in [2.24, 2.45) is 5.92 Å². The van der Waals surface area contributed by atoms with Crippen molar-refractivity contribution in [1.82, 2.24) is 4.90 Å². The maximum absolute atomic E-state index is 12.9. The zero-order valence-electron chi connectivity index (χ0n) is 14.4. The van der Waals surface area contributed by atoms with Gasteiger partial charge in [0.15, 0.2) is 0 Å². The fourth-order valence-corrected chi connectivity index (χ4v) is 3.96. The molecule has 0 N–H and O–H groups in total.